The SMILES string of the molecule is CC(C)(C)n1ncc2c1CCCC2NC(=O)CSC1=NCCS1. The molecule has 2 aliphatic rings. The second kappa shape index (κ2) is 6.89. The quantitative estimate of drug-likeness (QED) is 0.908. The maximum atomic E-state index is 12.3. The fraction of sp³-hybridized carbons (Fsp3) is 0.688. The number of nitrogens with one attached hydrogen (secondary N) is 1. The molecule has 0 bridgehead atoms. The molecule has 1 N–H and O–H groups in total. The van der Waals surface area contributed by atoms with Crippen molar-refractivity contribution in [3.05, 3.63) is 17.5 Å². The Balaban J connectivity index is 1.64. The monoisotopic (exact) mass is 352 g/mol. The third kappa shape index (κ3) is 3.94. The molecule has 1 aromatic rings. The van der Waals surface area contributed by atoms with Crippen molar-refractivity contribution in [1.82, 2.24) is 15.1 Å². The first-order valence-corrected chi connectivity index (χ1v) is 10.1. The number of carbonyl (C=O) groups is 1. The Morgan fingerprint density at radius 2 is 2.35 bits per heavy atom. The fourth-order valence-electron chi connectivity index (χ4n) is 3.05. The molecule has 3 rings (SSSR count). The van der Waals surface area contributed by atoms with Crippen molar-refractivity contribution in [3.63, 3.8) is 0 Å². The van der Waals surface area contributed by atoms with E-state index in [2.05, 4.69) is 40.9 Å². The molecule has 0 aromatic carbocycles. The zero-order chi connectivity index (χ0) is 16.4. The van der Waals surface area contributed by atoms with Crippen LogP contribution in [0.4, 0.5) is 0 Å². The van der Waals surface area contributed by atoms with E-state index in [4.69, 9.17) is 0 Å². The van der Waals surface area contributed by atoms with Crippen LogP contribution in [0.1, 0.15) is 50.9 Å². The maximum Gasteiger partial charge on any atom is 0.230 e. The number of amides is 1. The van der Waals surface area contributed by atoms with Gasteiger partial charge in [-0.05, 0) is 40.0 Å². The summed E-state index contributed by atoms with van der Waals surface area (Å²) in [6.07, 6.45) is 5.07. The predicted octanol–water partition coefficient (Wildman–Crippen LogP) is 2.97. The molecule has 23 heavy (non-hydrogen) atoms. The fourth-order valence-corrected chi connectivity index (χ4v) is 4.87. The average Bonchev–Trinajstić information content (AvgIpc) is 3.14. The van der Waals surface area contributed by atoms with Gasteiger partial charge >= 0.3 is 0 Å². The van der Waals surface area contributed by atoms with Gasteiger partial charge < -0.3 is 5.32 Å². The van der Waals surface area contributed by atoms with E-state index in [0.717, 1.165) is 35.9 Å². The summed E-state index contributed by atoms with van der Waals surface area (Å²) in [6, 6.07) is 0.0983. The highest BCUT2D eigenvalue weighted by molar-refractivity contribution is 8.39. The number of thioether (sulfide) groups is 2. The van der Waals surface area contributed by atoms with Gasteiger partial charge in [-0.3, -0.25) is 14.5 Å². The lowest BCUT2D eigenvalue weighted by atomic mass is 9.92. The summed E-state index contributed by atoms with van der Waals surface area (Å²) >= 11 is 3.30. The lowest BCUT2D eigenvalue weighted by molar-refractivity contribution is -0.119. The molecule has 1 atom stereocenters. The zero-order valence-electron chi connectivity index (χ0n) is 14.0. The standard InChI is InChI=1S/C16H24N4OS2/c1-16(2,3)20-13-6-4-5-12(11(13)9-18-20)19-14(21)10-23-15-17-7-8-22-15/h9,12H,4-8,10H2,1-3H3,(H,19,21). The van der Waals surface area contributed by atoms with E-state index in [1.165, 1.54) is 11.3 Å². The lowest BCUT2D eigenvalue weighted by Gasteiger charge is -2.28. The van der Waals surface area contributed by atoms with Gasteiger partial charge in [0.05, 0.1) is 30.1 Å². The van der Waals surface area contributed by atoms with E-state index >= 15 is 0 Å². The van der Waals surface area contributed by atoms with E-state index in [0.29, 0.717) is 5.75 Å². The van der Waals surface area contributed by atoms with Gasteiger partial charge in [-0.2, -0.15) is 5.10 Å². The van der Waals surface area contributed by atoms with Crippen molar-refractivity contribution in [2.75, 3.05) is 18.1 Å². The van der Waals surface area contributed by atoms with Crippen LogP contribution in [-0.2, 0) is 16.8 Å². The third-order valence-corrected chi connectivity index (χ3v) is 6.29. The molecule has 2 heterocycles. The average molecular weight is 353 g/mol. The highest BCUT2D eigenvalue weighted by atomic mass is 32.2. The van der Waals surface area contributed by atoms with Crippen LogP contribution < -0.4 is 5.32 Å². The van der Waals surface area contributed by atoms with Crippen molar-refractivity contribution < 1.29 is 4.79 Å². The van der Waals surface area contributed by atoms with Crippen LogP contribution in [0.25, 0.3) is 0 Å². The van der Waals surface area contributed by atoms with Gasteiger partial charge in [-0.25, -0.2) is 0 Å². The van der Waals surface area contributed by atoms with Crippen LogP contribution in [0, 0.1) is 0 Å². The van der Waals surface area contributed by atoms with Gasteiger partial charge in [0.2, 0.25) is 5.91 Å². The van der Waals surface area contributed by atoms with Crippen LogP contribution >= 0.6 is 23.5 Å². The molecule has 0 saturated carbocycles. The molecule has 126 valence electrons. The van der Waals surface area contributed by atoms with Crippen LogP contribution in [0.3, 0.4) is 0 Å². The van der Waals surface area contributed by atoms with Gasteiger partial charge in [0.1, 0.15) is 4.38 Å². The highest BCUT2D eigenvalue weighted by Crippen LogP contribution is 2.32. The molecule has 0 fully saturated rings. The van der Waals surface area contributed by atoms with Gasteiger partial charge in [0, 0.05) is 17.0 Å². The number of nitrogens with zero attached hydrogens (tertiary/aromatic N) is 3. The van der Waals surface area contributed by atoms with E-state index in [9.17, 15) is 4.79 Å². The summed E-state index contributed by atoms with van der Waals surface area (Å²) in [4.78, 5) is 16.6. The molecule has 1 aliphatic heterocycles. The lowest BCUT2D eigenvalue weighted by Crippen LogP contribution is -2.33. The van der Waals surface area contributed by atoms with Crippen LogP contribution in [0.15, 0.2) is 11.2 Å². The Hall–Kier alpha value is -0.950. The minimum Gasteiger partial charge on any atom is -0.348 e. The summed E-state index contributed by atoms with van der Waals surface area (Å²) in [6.45, 7) is 7.38. The van der Waals surface area contributed by atoms with E-state index in [1.54, 1.807) is 23.5 Å². The summed E-state index contributed by atoms with van der Waals surface area (Å²) in [5.74, 6) is 1.58. The number of hydrogen-bond donors (Lipinski definition) is 1. The Labute approximate surface area is 146 Å². The predicted molar refractivity (Wildman–Crippen MR) is 98.3 cm³/mol. The minimum absolute atomic E-state index is 0.0207. The first-order valence-electron chi connectivity index (χ1n) is 8.12. The van der Waals surface area contributed by atoms with Crippen molar-refractivity contribution in [3.8, 4) is 0 Å². The van der Waals surface area contributed by atoms with Crippen molar-refractivity contribution in [2.45, 2.75) is 51.6 Å². The van der Waals surface area contributed by atoms with Crippen molar-refractivity contribution >= 4 is 33.8 Å². The van der Waals surface area contributed by atoms with Crippen LogP contribution in [0.5, 0.6) is 0 Å². The number of hydrogen-bond acceptors (Lipinski definition) is 5. The van der Waals surface area contributed by atoms with Crippen molar-refractivity contribution in [2.24, 2.45) is 4.99 Å². The van der Waals surface area contributed by atoms with Gasteiger partial charge in [0.15, 0.2) is 0 Å². The summed E-state index contributed by atoms with van der Waals surface area (Å²) in [7, 11) is 0. The summed E-state index contributed by atoms with van der Waals surface area (Å²) in [5.41, 5.74) is 2.45. The highest BCUT2D eigenvalue weighted by Gasteiger charge is 2.29. The number of aromatic nitrogens is 2. The molecule has 1 unspecified atom stereocenters. The smallest absolute Gasteiger partial charge is 0.230 e. The Morgan fingerprint density at radius 3 is 3.04 bits per heavy atom. The molecule has 0 saturated heterocycles. The number of fused-ring (bicyclic) bond motifs is 1. The van der Waals surface area contributed by atoms with E-state index in [1.807, 2.05) is 6.20 Å². The third-order valence-electron chi connectivity index (χ3n) is 4.04. The van der Waals surface area contributed by atoms with Gasteiger partial charge in [-0.15, -0.1) is 0 Å². The van der Waals surface area contributed by atoms with Gasteiger partial charge in [-0.1, -0.05) is 23.5 Å². The number of rotatable bonds is 3. The first-order chi connectivity index (χ1) is 10.9. The molecular formula is C16H24N4OS2. The number of aliphatic imine (C=N–C) groups is 1. The molecule has 7 heteroatoms. The van der Waals surface area contributed by atoms with Gasteiger partial charge in [0.25, 0.3) is 0 Å². The number of carbonyl (C=O) groups excluding carboxylic acids is 1. The van der Waals surface area contributed by atoms with Crippen molar-refractivity contribution in [1.29, 1.82) is 0 Å². The Kier molecular flexibility index (Phi) is 5.06. The normalized spacial score (nSPS) is 21.0. The molecule has 5 nitrogen and oxygen atoms in total. The van der Waals surface area contributed by atoms with Crippen LogP contribution in [-0.4, -0.2) is 38.1 Å². The minimum atomic E-state index is -0.0207. The van der Waals surface area contributed by atoms with E-state index in [-0.39, 0.29) is 17.5 Å². The maximum absolute atomic E-state index is 12.3. The molecule has 1 aromatic heterocycles. The van der Waals surface area contributed by atoms with Crippen LogP contribution in [0.2, 0.25) is 0 Å². The summed E-state index contributed by atoms with van der Waals surface area (Å²) in [5, 5.41) is 7.76. The molecule has 0 spiro atoms. The largest absolute Gasteiger partial charge is 0.348 e. The molecule has 1 aliphatic carbocycles. The van der Waals surface area contributed by atoms with E-state index < -0.39 is 0 Å². The zero-order valence-corrected chi connectivity index (χ0v) is 15.6. The molecular weight excluding hydrogens is 328 g/mol. The molecule has 1 amide bonds. The second-order valence-corrected chi connectivity index (χ2v) is 9.23. The topological polar surface area (TPSA) is 59.3 Å². The molecule has 0 radical (unpaired) electrons. The first kappa shape index (κ1) is 16.9. The Bertz CT molecular complexity index is 618. The Morgan fingerprint density at radius 1 is 1.52 bits per heavy atom. The second-order valence-electron chi connectivity index (χ2n) is 6.93. The summed E-state index contributed by atoms with van der Waals surface area (Å²) < 4.78 is 3.16.